The summed E-state index contributed by atoms with van der Waals surface area (Å²) in [6.45, 7) is 4.79. The molecule has 2 aromatic rings. The molecule has 1 atom stereocenters. The number of nitrogens with one attached hydrogen (secondary N) is 1. The van der Waals surface area contributed by atoms with E-state index in [0.717, 1.165) is 31.9 Å². The van der Waals surface area contributed by atoms with Gasteiger partial charge in [-0.15, -0.1) is 11.3 Å². The number of hydrogen-bond acceptors (Lipinski definition) is 9. The van der Waals surface area contributed by atoms with Crippen LogP contribution in [0.15, 0.2) is 29.6 Å². The van der Waals surface area contributed by atoms with Gasteiger partial charge in [-0.3, -0.25) is 9.69 Å². The molecule has 1 unspecified atom stereocenters. The van der Waals surface area contributed by atoms with Crippen LogP contribution in [0.1, 0.15) is 23.0 Å². The third kappa shape index (κ3) is 6.49. The van der Waals surface area contributed by atoms with Crippen molar-refractivity contribution in [2.45, 2.75) is 19.6 Å². The largest absolute Gasteiger partial charge is 0.479 e. The summed E-state index contributed by atoms with van der Waals surface area (Å²) in [5, 5.41) is 13.8. The lowest BCUT2D eigenvalue weighted by molar-refractivity contribution is -0.149. The summed E-state index contributed by atoms with van der Waals surface area (Å²) >= 11 is 1.27. The van der Waals surface area contributed by atoms with Crippen LogP contribution in [0.3, 0.4) is 0 Å². The lowest BCUT2D eigenvalue weighted by atomic mass is 10.2. The molecule has 0 aliphatic carbocycles. The first-order valence-electron chi connectivity index (χ1n) is 10.1. The van der Waals surface area contributed by atoms with Crippen molar-refractivity contribution in [1.82, 2.24) is 9.88 Å². The van der Waals surface area contributed by atoms with Crippen LogP contribution in [0, 0.1) is 0 Å². The molecule has 1 amide bonds. The summed E-state index contributed by atoms with van der Waals surface area (Å²) in [7, 11) is 1.36. The van der Waals surface area contributed by atoms with Gasteiger partial charge in [-0.05, 0) is 31.2 Å². The first-order chi connectivity index (χ1) is 15.4. The van der Waals surface area contributed by atoms with E-state index in [-0.39, 0.29) is 25.0 Å². The number of carbonyl (C=O) groups excluding carboxylic acids is 2. The molecule has 32 heavy (non-hydrogen) atoms. The zero-order valence-electron chi connectivity index (χ0n) is 17.9. The van der Waals surface area contributed by atoms with E-state index in [1.54, 1.807) is 17.5 Å². The maximum absolute atomic E-state index is 12.4. The predicted molar refractivity (Wildman–Crippen MR) is 119 cm³/mol. The molecule has 1 saturated heterocycles. The van der Waals surface area contributed by atoms with E-state index in [4.69, 9.17) is 14.6 Å². The van der Waals surface area contributed by atoms with Gasteiger partial charge in [0.05, 0.1) is 31.5 Å². The zero-order valence-corrected chi connectivity index (χ0v) is 18.8. The van der Waals surface area contributed by atoms with Crippen molar-refractivity contribution < 1.29 is 29.0 Å². The van der Waals surface area contributed by atoms with Gasteiger partial charge in [-0.25, -0.2) is 14.6 Å². The first-order valence-corrected chi connectivity index (χ1v) is 11.0. The van der Waals surface area contributed by atoms with Gasteiger partial charge in [0.2, 0.25) is 5.91 Å². The van der Waals surface area contributed by atoms with Gasteiger partial charge in [0.15, 0.2) is 11.2 Å². The number of esters is 1. The number of ether oxygens (including phenoxy) is 2. The molecule has 1 aromatic heterocycles. The van der Waals surface area contributed by atoms with Gasteiger partial charge in [0, 0.05) is 37.2 Å². The second-order valence-electron chi connectivity index (χ2n) is 7.29. The van der Waals surface area contributed by atoms with E-state index < -0.39 is 12.1 Å². The van der Waals surface area contributed by atoms with E-state index >= 15 is 0 Å². The Morgan fingerprint density at radius 3 is 2.50 bits per heavy atom. The third-order valence-corrected chi connectivity index (χ3v) is 5.83. The second-order valence-corrected chi connectivity index (χ2v) is 8.14. The Morgan fingerprint density at radius 1 is 1.19 bits per heavy atom. The minimum atomic E-state index is -1.04. The normalized spacial score (nSPS) is 15.2. The van der Waals surface area contributed by atoms with Gasteiger partial charge < -0.3 is 24.8 Å². The molecular formula is C21H26N4O6S. The van der Waals surface area contributed by atoms with Crippen LogP contribution in [-0.2, 0) is 25.7 Å². The van der Waals surface area contributed by atoms with Crippen molar-refractivity contribution in [2.75, 3.05) is 50.1 Å². The fourth-order valence-electron chi connectivity index (χ4n) is 3.16. The topological polar surface area (TPSA) is 121 Å². The van der Waals surface area contributed by atoms with Gasteiger partial charge in [0.25, 0.3) is 0 Å². The Bertz CT molecular complexity index is 940. The highest BCUT2D eigenvalue weighted by molar-refractivity contribution is 7.13. The van der Waals surface area contributed by atoms with Crippen molar-refractivity contribution in [1.29, 1.82) is 0 Å². The molecule has 1 aromatic carbocycles. The summed E-state index contributed by atoms with van der Waals surface area (Å²) in [4.78, 5) is 43.3. The van der Waals surface area contributed by atoms with Gasteiger partial charge in [0.1, 0.15) is 0 Å². The molecule has 1 fully saturated rings. The van der Waals surface area contributed by atoms with Crippen LogP contribution in [-0.4, -0.2) is 78.8 Å². The Morgan fingerprint density at radius 2 is 1.88 bits per heavy atom. The Kier molecular flexibility index (Phi) is 8.14. The summed E-state index contributed by atoms with van der Waals surface area (Å²) < 4.78 is 9.91. The predicted octanol–water partition coefficient (Wildman–Crippen LogP) is 1.68. The average Bonchev–Trinajstić information content (AvgIpc) is 3.24. The molecule has 1 aliphatic heterocycles. The highest BCUT2D eigenvalue weighted by Gasteiger charge is 2.20. The van der Waals surface area contributed by atoms with Gasteiger partial charge in [-0.1, -0.05) is 0 Å². The summed E-state index contributed by atoms with van der Waals surface area (Å²) in [5.74, 6) is -1.55. The number of benzene rings is 1. The van der Waals surface area contributed by atoms with Crippen LogP contribution in [0.5, 0.6) is 0 Å². The van der Waals surface area contributed by atoms with Crippen molar-refractivity contribution in [3.8, 4) is 0 Å². The zero-order chi connectivity index (χ0) is 23.1. The average molecular weight is 463 g/mol. The molecule has 0 saturated carbocycles. The molecular weight excluding hydrogens is 436 g/mol. The van der Waals surface area contributed by atoms with E-state index in [2.05, 4.69) is 20.1 Å². The molecule has 11 heteroatoms. The summed E-state index contributed by atoms with van der Waals surface area (Å²) in [5.41, 5.74) is 2.11. The number of carbonyl (C=O) groups is 3. The fourth-order valence-corrected chi connectivity index (χ4v) is 3.88. The molecule has 2 N–H and O–H groups in total. The first kappa shape index (κ1) is 23.6. The number of thiazole rings is 1. The number of anilines is 2. The molecule has 0 bridgehead atoms. The summed E-state index contributed by atoms with van der Waals surface area (Å²) in [6, 6.07) is 7.29. The smallest absolute Gasteiger partial charge is 0.337 e. The SMILES string of the molecule is COC(=O)c1ccc(N2CCN(CC(=O)Nc3nc(COC(C)C(=O)O)cs3)CC2)cc1. The van der Waals surface area contributed by atoms with Gasteiger partial charge in [-0.2, -0.15) is 0 Å². The molecule has 0 radical (unpaired) electrons. The van der Waals surface area contributed by atoms with Gasteiger partial charge >= 0.3 is 11.9 Å². The second kappa shape index (κ2) is 11.0. The number of aromatic nitrogens is 1. The molecule has 1 aliphatic rings. The molecule has 10 nitrogen and oxygen atoms in total. The minimum Gasteiger partial charge on any atom is -0.479 e. The quantitative estimate of drug-likeness (QED) is 0.536. The van der Waals surface area contributed by atoms with Crippen molar-refractivity contribution >= 4 is 40.0 Å². The number of carboxylic acids is 1. The molecule has 2 heterocycles. The number of methoxy groups -OCH3 is 1. The lowest BCUT2D eigenvalue weighted by Crippen LogP contribution is -2.48. The number of aliphatic carboxylic acids is 1. The number of nitrogens with zero attached hydrogens (tertiary/aromatic N) is 3. The van der Waals surface area contributed by atoms with E-state index in [9.17, 15) is 14.4 Å². The van der Waals surface area contributed by atoms with Crippen LogP contribution in [0.4, 0.5) is 10.8 Å². The van der Waals surface area contributed by atoms with E-state index in [1.807, 2.05) is 12.1 Å². The van der Waals surface area contributed by atoms with Crippen LogP contribution >= 0.6 is 11.3 Å². The monoisotopic (exact) mass is 462 g/mol. The number of hydrogen-bond donors (Lipinski definition) is 2. The number of rotatable bonds is 9. The maximum atomic E-state index is 12.4. The lowest BCUT2D eigenvalue weighted by Gasteiger charge is -2.35. The molecule has 0 spiro atoms. The highest BCUT2D eigenvalue weighted by atomic mass is 32.1. The Hall–Kier alpha value is -3.02. The summed E-state index contributed by atoms with van der Waals surface area (Å²) in [6.07, 6.45) is -0.917. The van der Waals surface area contributed by atoms with E-state index in [1.165, 1.54) is 25.4 Å². The Balaban J connectivity index is 1.42. The number of piperazine rings is 1. The Labute approximate surface area is 189 Å². The van der Waals surface area contributed by atoms with Crippen molar-refractivity contribution in [3.63, 3.8) is 0 Å². The molecule has 172 valence electrons. The number of amides is 1. The highest BCUT2D eigenvalue weighted by Crippen LogP contribution is 2.19. The van der Waals surface area contributed by atoms with E-state index in [0.29, 0.717) is 16.4 Å². The van der Waals surface area contributed by atoms with Crippen LogP contribution in [0.25, 0.3) is 0 Å². The third-order valence-electron chi connectivity index (χ3n) is 5.02. The fraction of sp³-hybridized carbons (Fsp3) is 0.429. The van der Waals surface area contributed by atoms with Crippen LogP contribution < -0.4 is 10.2 Å². The van der Waals surface area contributed by atoms with Crippen LogP contribution in [0.2, 0.25) is 0 Å². The maximum Gasteiger partial charge on any atom is 0.337 e. The molecule has 3 rings (SSSR count). The minimum absolute atomic E-state index is 0.0718. The van der Waals surface area contributed by atoms with Crippen molar-refractivity contribution in [3.05, 3.63) is 40.9 Å². The number of carboxylic acid groups (broad SMARTS) is 1. The standard InChI is InChI=1S/C21H26N4O6S/c1-14(19(27)28)31-12-16-13-32-21(22-16)23-18(26)11-24-7-9-25(10-8-24)17-5-3-15(4-6-17)20(29)30-2/h3-6,13-14H,7-12H2,1-2H3,(H,27,28)(H,22,23,26). The van der Waals surface area contributed by atoms with Crippen molar-refractivity contribution in [2.24, 2.45) is 0 Å².